The summed E-state index contributed by atoms with van der Waals surface area (Å²) in [6.45, 7) is 6.98. The van der Waals surface area contributed by atoms with Crippen molar-refractivity contribution < 1.29 is 9.53 Å². The lowest BCUT2D eigenvalue weighted by Gasteiger charge is -2.23. The number of nitrogens with one attached hydrogen (secondary N) is 1. The first-order valence-corrected chi connectivity index (χ1v) is 8.33. The summed E-state index contributed by atoms with van der Waals surface area (Å²) in [4.78, 5) is 30.6. The van der Waals surface area contributed by atoms with E-state index in [1.165, 1.54) is 0 Å². The molecule has 0 saturated carbocycles. The quantitative estimate of drug-likeness (QED) is 0.883. The van der Waals surface area contributed by atoms with Crippen molar-refractivity contribution in [1.29, 1.82) is 0 Å². The van der Waals surface area contributed by atoms with Gasteiger partial charge in [0.05, 0.1) is 13.2 Å². The van der Waals surface area contributed by atoms with Gasteiger partial charge in [-0.3, -0.25) is 9.59 Å². The minimum absolute atomic E-state index is 0.209. The zero-order valence-corrected chi connectivity index (χ0v) is 14.8. The highest BCUT2D eigenvalue weighted by molar-refractivity contribution is 7.10. The Morgan fingerprint density at radius 2 is 2.04 bits per heavy atom. The highest BCUT2D eigenvalue weighted by Crippen LogP contribution is 2.19. The number of hydrogen-bond acceptors (Lipinski definition) is 4. The van der Waals surface area contributed by atoms with E-state index >= 15 is 0 Å². The largest absolute Gasteiger partial charge is 0.383 e. The second kappa shape index (κ2) is 7.57. The SMILES string of the molecule is COCCN(Cc1sccc1C)C(=O)c1c(C)cc(C)[nH]c1=O. The third kappa shape index (κ3) is 4.09. The first-order chi connectivity index (χ1) is 10.9. The fourth-order valence-electron chi connectivity index (χ4n) is 2.47. The molecular formula is C17H22N2O3S. The molecule has 0 radical (unpaired) electrons. The van der Waals surface area contributed by atoms with Crippen LogP contribution in [0.15, 0.2) is 22.3 Å². The Labute approximate surface area is 139 Å². The first kappa shape index (κ1) is 17.4. The van der Waals surface area contributed by atoms with E-state index in [2.05, 4.69) is 4.98 Å². The van der Waals surface area contributed by atoms with Crippen molar-refractivity contribution in [3.8, 4) is 0 Å². The number of ether oxygens (including phenoxy) is 1. The predicted octanol–water partition coefficient (Wildman–Crippen LogP) is 2.65. The molecule has 5 nitrogen and oxygen atoms in total. The molecule has 0 aliphatic carbocycles. The van der Waals surface area contributed by atoms with Crippen LogP contribution >= 0.6 is 11.3 Å². The second-order valence-electron chi connectivity index (χ2n) is 5.59. The standard InChI is InChI=1S/C17H22N2O3S/c1-11-5-8-23-14(11)10-19(6-7-22-4)17(21)15-12(2)9-13(3)18-16(15)20/h5,8-9H,6-7,10H2,1-4H3,(H,18,20). The van der Waals surface area contributed by atoms with Crippen LogP contribution in [0.25, 0.3) is 0 Å². The molecule has 0 atom stereocenters. The number of pyridine rings is 1. The predicted molar refractivity (Wildman–Crippen MR) is 92.2 cm³/mol. The number of thiophene rings is 1. The van der Waals surface area contributed by atoms with Crippen LogP contribution in [-0.2, 0) is 11.3 Å². The number of hydrogen-bond donors (Lipinski definition) is 1. The van der Waals surface area contributed by atoms with Crippen LogP contribution in [0.1, 0.15) is 32.1 Å². The van der Waals surface area contributed by atoms with Crippen LogP contribution in [-0.4, -0.2) is 36.1 Å². The van der Waals surface area contributed by atoms with Gasteiger partial charge in [0, 0.05) is 24.2 Å². The van der Waals surface area contributed by atoms with Crippen molar-refractivity contribution in [3.63, 3.8) is 0 Å². The van der Waals surface area contributed by atoms with E-state index in [9.17, 15) is 9.59 Å². The average Bonchev–Trinajstić information content (AvgIpc) is 2.87. The van der Waals surface area contributed by atoms with Gasteiger partial charge in [0.1, 0.15) is 5.56 Å². The maximum absolute atomic E-state index is 12.9. The molecule has 0 aromatic carbocycles. The molecule has 23 heavy (non-hydrogen) atoms. The summed E-state index contributed by atoms with van der Waals surface area (Å²) in [5, 5.41) is 2.01. The van der Waals surface area contributed by atoms with E-state index in [1.54, 1.807) is 37.2 Å². The number of aromatic amines is 1. The van der Waals surface area contributed by atoms with Crippen LogP contribution in [0, 0.1) is 20.8 Å². The Kier molecular flexibility index (Phi) is 5.74. The lowest BCUT2D eigenvalue weighted by molar-refractivity contribution is 0.0679. The molecule has 6 heteroatoms. The second-order valence-corrected chi connectivity index (χ2v) is 6.59. The van der Waals surface area contributed by atoms with Gasteiger partial charge in [0.15, 0.2) is 0 Å². The van der Waals surface area contributed by atoms with Crippen molar-refractivity contribution in [1.82, 2.24) is 9.88 Å². The number of methoxy groups -OCH3 is 1. The number of carbonyl (C=O) groups excluding carboxylic acids is 1. The molecule has 2 rings (SSSR count). The van der Waals surface area contributed by atoms with Gasteiger partial charge >= 0.3 is 0 Å². The minimum Gasteiger partial charge on any atom is -0.383 e. The van der Waals surface area contributed by atoms with E-state index < -0.39 is 0 Å². The molecule has 0 unspecified atom stereocenters. The average molecular weight is 334 g/mol. The van der Waals surface area contributed by atoms with E-state index in [0.29, 0.717) is 25.3 Å². The molecular weight excluding hydrogens is 312 g/mol. The van der Waals surface area contributed by atoms with Gasteiger partial charge in [-0.1, -0.05) is 0 Å². The van der Waals surface area contributed by atoms with Crippen molar-refractivity contribution in [2.45, 2.75) is 27.3 Å². The third-order valence-corrected chi connectivity index (χ3v) is 4.74. The molecule has 2 heterocycles. The first-order valence-electron chi connectivity index (χ1n) is 7.45. The number of carbonyl (C=O) groups is 1. The lowest BCUT2D eigenvalue weighted by Crippen LogP contribution is -2.37. The highest BCUT2D eigenvalue weighted by atomic mass is 32.1. The van der Waals surface area contributed by atoms with Crippen molar-refractivity contribution in [2.24, 2.45) is 0 Å². The smallest absolute Gasteiger partial charge is 0.261 e. The molecule has 2 aromatic heterocycles. The Balaban J connectivity index is 2.33. The van der Waals surface area contributed by atoms with Crippen LogP contribution < -0.4 is 5.56 Å². The molecule has 0 spiro atoms. The zero-order chi connectivity index (χ0) is 17.0. The fourth-order valence-corrected chi connectivity index (χ4v) is 3.39. The molecule has 2 aromatic rings. The van der Waals surface area contributed by atoms with Crippen molar-refractivity contribution in [3.05, 3.63) is 55.1 Å². The molecule has 1 amide bonds. The Morgan fingerprint density at radius 3 is 2.61 bits per heavy atom. The van der Waals surface area contributed by atoms with E-state index in [1.807, 2.05) is 24.4 Å². The van der Waals surface area contributed by atoms with Gasteiger partial charge < -0.3 is 14.6 Å². The Bertz CT molecular complexity index is 749. The molecule has 0 bridgehead atoms. The number of amides is 1. The summed E-state index contributed by atoms with van der Waals surface area (Å²) in [6, 6.07) is 3.85. The summed E-state index contributed by atoms with van der Waals surface area (Å²) in [5.74, 6) is -0.256. The molecule has 0 aliphatic rings. The Morgan fingerprint density at radius 1 is 1.30 bits per heavy atom. The number of aryl methyl sites for hydroxylation is 3. The van der Waals surface area contributed by atoms with E-state index in [-0.39, 0.29) is 17.0 Å². The molecule has 1 N–H and O–H groups in total. The van der Waals surface area contributed by atoms with Crippen LogP contribution in [0.4, 0.5) is 0 Å². The Hall–Kier alpha value is -1.92. The summed E-state index contributed by atoms with van der Waals surface area (Å²) in [6.07, 6.45) is 0. The van der Waals surface area contributed by atoms with Crippen LogP contribution in [0.5, 0.6) is 0 Å². The topological polar surface area (TPSA) is 62.4 Å². The van der Waals surface area contributed by atoms with E-state index in [4.69, 9.17) is 4.74 Å². The molecule has 0 fully saturated rings. The maximum atomic E-state index is 12.9. The zero-order valence-electron chi connectivity index (χ0n) is 13.9. The normalized spacial score (nSPS) is 10.8. The number of H-pyrrole nitrogens is 1. The van der Waals surface area contributed by atoms with Crippen molar-refractivity contribution in [2.75, 3.05) is 20.3 Å². The number of nitrogens with zero attached hydrogens (tertiary/aromatic N) is 1. The van der Waals surface area contributed by atoms with Gasteiger partial charge in [-0.05, 0) is 49.4 Å². The molecule has 124 valence electrons. The number of rotatable bonds is 6. The molecule has 0 saturated heterocycles. The summed E-state index contributed by atoms with van der Waals surface area (Å²) >= 11 is 1.61. The van der Waals surface area contributed by atoms with Crippen LogP contribution in [0.3, 0.4) is 0 Å². The molecule has 0 aliphatic heterocycles. The van der Waals surface area contributed by atoms with Crippen molar-refractivity contribution >= 4 is 17.2 Å². The fraction of sp³-hybridized carbons (Fsp3) is 0.412. The third-order valence-electron chi connectivity index (χ3n) is 3.73. The number of aromatic nitrogens is 1. The summed E-state index contributed by atoms with van der Waals surface area (Å²) < 4.78 is 5.11. The van der Waals surface area contributed by atoms with Crippen LogP contribution in [0.2, 0.25) is 0 Å². The van der Waals surface area contributed by atoms with Gasteiger partial charge in [0.25, 0.3) is 11.5 Å². The highest BCUT2D eigenvalue weighted by Gasteiger charge is 2.22. The summed E-state index contributed by atoms with van der Waals surface area (Å²) in [5.41, 5.74) is 2.47. The summed E-state index contributed by atoms with van der Waals surface area (Å²) in [7, 11) is 1.60. The van der Waals surface area contributed by atoms with E-state index in [0.717, 1.165) is 16.1 Å². The monoisotopic (exact) mass is 334 g/mol. The minimum atomic E-state index is -0.335. The van der Waals surface area contributed by atoms with Gasteiger partial charge in [-0.25, -0.2) is 0 Å². The lowest BCUT2D eigenvalue weighted by atomic mass is 10.1. The van der Waals surface area contributed by atoms with Gasteiger partial charge in [0.2, 0.25) is 0 Å². The maximum Gasteiger partial charge on any atom is 0.261 e. The van der Waals surface area contributed by atoms with Gasteiger partial charge in [-0.15, -0.1) is 11.3 Å². The van der Waals surface area contributed by atoms with Gasteiger partial charge in [-0.2, -0.15) is 0 Å².